The third-order valence-corrected chi connectivity index (χ3v) is 6.29. The molecule has 1 fully saturated rings. The molecule has 168 valence electrons. The number of anilines is 1. The number of benzene rings is 1. The maximum Gasteiger partial charge on any atom is 0.273 e. The molecule has 5 rings (SSSR count). The number of nitrogens with zero attached hydrogens (tertiary/aromatic N) is 5. The zero-order valence-electron chi connectivity index (χ0n) is 18.1. The summed E-state index contributed by atoms with van der Waals surface area (Å²) >= 11 is 6.50. The Morgan fingerprint density at radius 1 is 1.18 bits per heavy atom. The van der Waals surface area contributed by atoms with Gasteiger partial charge in [0.15, 0.2) is 5.82 Å². The molecular formula is C24H23ClN6O2. The van der Waals surface area contributed by atoms with Crippen LogP contribution in [0.5, 0.6) is 0 Å². The quantitative estimate of drug-likeness (QED) is 0.472. The molecule has 4 heterocycles. The predicted molar refractivity (Wildman–Crippen MR) is 127 cm³/mol. The van der Waals surface area contributed by atoms with Crippen LogP contribution in [0.15, 0.2) is 48.9 Å². The zero-order valence-corrected chi connectivity index (χ0v) is 18.8. The topological polar surface area (TPSA) is 104 Å². The highest BCUT2D eigenvalue weighted by Crippen LogP contribution is 2.31. The highest BCUT2D eigenvalue weighted by Gasteiger charge is 2.26. The fourth-order valence-electron chi connectivity index (χ4n) is 4.16. The van der Waals surface area contributed by atoms with Gasteiger partial charge >= 0.3 is 0 Å². The number of hydrogen-bond donors (Lipinski definition) is 2. The molecule has 4 aromatic rings. The Balaban J connectivity index is 1.54. The van der Waals surface area contributed by atoms with Gasteiger partial charge in [0.1, 0.15) is 17.5 Å². The van der Waals surface area contributed by atoms with E-state index in [-0.39, 0.29) is 18.1 Å². The number of hydrogen-bond acceptors (Lipinski definition) is 7. The number of pyridine rings is 2. The Morgan fingerprint density at radius 2 is 2.00 bits per heavy atom. The first-order chi connectivity index (χ1) is 16.0. The van der Waals surface area contributed by atoms with Crippen LogP contribution in [-0.2, 0) is 0 Å². The largest absolute Gasteiger partial charge is 0.393 e. The van der Waals surface area contributed by atoms with E-state index in [0.29, 0.717) is 59.1 Å². The molecule has 0 saturated carbocycles. The molecule has 0 spiro atoms. The van der Waals surface area contributed by atoms with E-state index in [1.54, 1.807) is 17.2 Å². The van der Waals surface area contributed by atoms with Gasteiger partial charge in [0, 0.05) is 24.7 Å². The van der Waals surface area contributed by atoms with Crippen molar-refractivity contribution >= 4 is 45.1 Å². The second-order valence-corrected chi connectivity index (χ2v) is 8.62. The highest BCUT2D eigenvalue weighted by atomic mass is 35.5. The second-order valence-electron chi connectivity index (χ2n) is 8.22. The van der Waals surface area contributed by atoms with Crippen LogP contribution in [0.1, 0.15) is 42.0 Å². The molecule has 1 atom stereocenters. The Bertz CT molecular complexity index is 1330. The molecule has 33 heavy (non-hydrogen) atoms. The van der Waals surface area contributed by atoms with Crippen LogP contribution in [0, 0.1) is 0 Å². The average Bonchev–Trinajstić information content (AvgIpc) is 2.84. The van der Waals surface area contributed by atoms with Crippen LogP contribution in [0.3, 0.4) is 0 Å². The summed E-state index contributed by atoms with van der Waals surface area (Å²) in [5.41, 5.74) is 2.42. The molecule has 3 aromatic heterocycles. The van der Waals surface area contributed by atoms with Crippen LogP contribution < -0.4 is 5.32 Å². The Labute approximate surface area is 195 Å². The number of piperidine rings is 1. The number of nitrogens with one attached hydrogen (secondary N) is 1. The van der Waals surface area contributed by atoms with Gasteiger partial charge in [-0.25, -0.2) is 15.0 Å². The summed E-state index contributed by atoms with van der Waals surface area (Å²) in [6, 6.07) is 10.9. The molecule has 1 aromatic carbocycles. The Kier molecular flexibility index (Phi) is 5.78. The van der Waals surface area contributed by atoms with Crippen LogP contribution in [0.4, 0.5) is 5.82 Å². The van der Waals surface area contributed by atoms with Gasteiger partial charge in [-0.05, 0) is 49.4 Å². The lowest BCUT2D eigenvalue weighted by Gasteiger charge is -2.30. The van der Waals surface area contributed by atoms with Crippen LogP contribution in [0.2, 0.25) is 5.02 Å². The van der Waals surface area contributed by atoms with Crippen LogP contribution in [-0.4, -0.2) is 55.0 Å². The number of carbonyl (C=O) groups is 1. The first kappa shape index (κ1) is 21.5. The van der Waals surface area contributed by atoms with Gasteiger partial charge in [-0.15, -0.1) is 0 Å². The summed E-state index contributed by atoms with van der Waals surface area (Å²) in [4.78, 5) is 33.0. The van der Waals surface area contributed by atoms with E-state index in [1.165, 1.54) is 6.33 Å². The Morgan fingerprint density at radius 3 is 2.82 bits per heavy atom. The fourth-order valence-corrected chi connectivity index (χ4v) is 4.43. The monoisotopic (exact) mass is 462 g/mol. The lowest BCUT2D eigenvalue weighted by molar-refractivity contribution is 0.0543. The minimum atomic E-state index is -0.366. The van der Waals surface area contributed by atoms with Crippen molar-refractivity contribution in [3.05, 3.63) is 65.3 Å². The molecule has 9 heteroatoms. The van der Waals surface area contributed by atoms with Crippen molar-refractivity contribution in [2.75, 3.05) is 18.4 Å². The van der Waals surface area contributed by atoms with Gasteiger partial charge in [-0.2, -0.15) is 0 Å². The summed E-state index contributed by atoms with van der Waals surface area (Å²) in [6.07, 6.45) is 3.94. The molecule has 1 amide bonds. The molecule has 0 bridgehead atoms. The molecule has 1 aliphatic heterocycles. The third kappa shape index (κ3) is 4.19. The van der Waals surface area contributed by atoms with Gasteiger partial charge in [0.05, 0.1) is 28.4 Å². The minimum Gasteiger partial charge on any atom is -0.393 e. The van der Waals surface area contributed by atoms with Crippen molar-refractivity contribution in [2.24, 2.45) is 0 Å². The Hall–Kier alpha value is -3.36. The van der Waals surface area contributed by atoms with E-state index in [2.05, 4.69) is 20.3 Å². The molecule has 0 radical (unpaired) electrons. The number of aliphatic hydroxyl groups excluding tert-OH is 1. The maximum atomic E-state index is 13.5. The standard InChI is InChI=1S/C24H23ClN6O2/c1-14(29-23-21-18(27-13-28-23)6-3-9-26-21)19-12-15-4-2-5-17(25)20(15)22(30-19)24(33)31-10-7-16(32)8-11-31/h2-6,9,12-14,16,32H,7-8,10-11H2,1H3,(H,27,28,29)/t14-/m0/s1. The number of amides is 1. The number of halogens is 1. The van der Waals surface area contributed by atoms with Crippen LogP contribution in [0.25, 0.3) is 21.8 Å². The first-order valence-electron chi connectivity index (χ1n) is 10.9. The highest BCUT2D eigenvalue weighted by molar-refractivity contribution is 6.36. The predicted octanol–water partition coefficient (Wildman–Crippen LogP) is 4.00. The average molecular weight is 463 g/mol. The molecule has 0 unspecified atom stereocenters. The number of carbonyl (C=O) groups excluding carboxylic acids is 1. The molecule has 1 saturated heterocycles. The normalized spacial score (nSPS) is 15.7. The van der Waals surface area contributed by atoms with Crippen LogP contribution >= 0.6 is 11.6 Å². The van der Waals surface area contributed by atoms with E-state index < -0.39 is 0 Å². The SMILES string of the molecule is C[C@H](Nc1ncnc2cccnc12)c1cc2cccc(Cl)c2c(C(=O)N2CCC(O)CC2)n1. The third-order valence-electron chi connectivity index (χ3n) is 5.97. The summed E-state index contributed by atoms with van der Waals surface area (Å²) in [7, 11) is 0. The van der Waals surface area contributed by atoms with E-state index in [1.807, 2.05) is 37.3 Å². The van der Waals surface area contributed by atoms with Gasteiger partial charge in [0.2, 0.25) is 0 Å². The summed E-state index contributed by atoms with van der Waals surface area (Å²) in [6.45, 7) is 2.94. The van der Waals surface area contributed by atoms with Gasteiger partial charge < -0.3 is 15.3 Å². The van der Waals surface area contributed by atoms with Crippen molar-refractivity contribution in [3.63, 3.8) is 0 Å². The van der Waals surface area contributed by atoms with E-state index in [9.17, 15) is 9.90 Å². The molecule has 2 N–H and O–H groups in total. The summed E-state index contributed by atoms with van der Waals surface area (Å²) < 4.78 is 0. The number of fused-ring (bicyclic) bond motifs is 2. The lowest BCUT2D eigenvalue weighted by Crippen LogP contribution is -2.40. The van der Waals surface area contributed by atoms with E-state index in [0.717, 1.165) is 10.9 Å². The lowest BCUT2D eigenvalue weighted by atomic mass is 10.0. The minimum absolute atomic E-state index is 0.178. The molecular weight excluding hydrogens is 440 g/mol. The summed E-state index contributed by atoms with van der Waals surface area (Å²) in [5.74, 6) is 0.419. The van der Waals surface area contributed by atoms with Gasteiger partial charge in [0.25, 0.3) is 5.91 Å². The maximum absolute atomic E-state index is 13.5. The van der Waals surface area contributed by atoms with Crippen molar-refractivity contribution in [1.82, 2.24) is 24.8 Å². The molecule has 0 aliphatic carbocycles. The number of likely N-dealkylation sites (tertiary alicyclic amines) is 1. The van der Waals surface area contributed by atoms with Gasteiger partial charge in [-0.1, -0.05) is 23.7 Å². The van der Waals surface area contributed by atoms with Crippen molar-refractivity contribution in [1.29, 1.82) is 0 Å². The van der Waals surface area contributed by atoms with Gasteiger partial charge in [-0.3, -0.25) is 9.78 Å². The second kappa shape index (κ2) is 8.88. The molecule has 8 nitrogen and oxygen atoms in total. The molecule has 1 aliphatic rings. The van der Waals surface area contributed by atoms with E-state index in [4.69, 9.17) is 16.6 Å². The fraction of sp³-hybridized carbons (Fsp3) is 0.292. The first-order valence-corrected chi connectivity index (χ1v) is 11.3. The van der Waals surface area contributed by atoms with Crippen molar-refractivity contribution in [2.45, 2.75) is 31.9 Å². The van der Waals surface area contributed by atoms with Crippen molar-refractivity contribution in [3.8, 4) is 0 Å². The summed E-state index contributed by atoms with van der Waals surface area (Å²) in [5, 5.41) is 15.2. The smallest absolute Gasteiger partial charge is 0.273 e. The number of aliphatic hydroxyl groups is 1. The van der Waals surface area contributed by atoms with Crippen molar-refractivity contribution < 1.29 is 9.90 Å². The van der Waals surface area contributed by atoms with E-state index >= 15 is 0 Å². The zero-order chi connectivity index (χ0) is 22.9. The number of rotatable bonds is 4. The number of aromatic nitrogens is 4.